The van der Waals surface area contributed by atoms with Gasteiger partial charge in [0.25, 0.3) is 0 Å². The van der Waals surface area contributed by atoms with Crippen molar-refractivity contribution < 1.29 is 28.6 Å². The quantitative estimate of drug-likeness (QED) is 0.0262. The molecule has 69 heavy (non-hydrogen) atoms. The van der Waals surface area contributed by atoms with Gasteiger partial charge < -0.3 is 14.2 Å². The maximum absolute atomic E-state index is 12.9. The maximum Gasteiger partial charge on any atom is 0.306 e. The molecule has 0 saturated carbocycles. The monoisotopic (exact) mass is 965 g/mol. The third-order valence-electron chi connectivity index (χ3n) is 13.0. The summed E-state index contributed by atoms with van der Waals surface area (Å²) in [5, 5.41) is 0. The molecule has 0 aliphatic rings. The number of carbonyl (C=O) groups is 3. The number of carbonyl (C=O) groups excluding carboxylic acids is 3. The molecule has 0 radical (unpaired) electrons. The summed E-state index contributed by atoms with van der Waals surface area (Å²) < 4.78 is 16.9. The molecule has 0 N–H and O–H groups in total. The van der Waals surface area contributed by atoms with Crippen LogP contribution in [0, 0.1) is 0 Å². The van der Waals surface area contributed by atoms with E-state index in [1.54, 1.807) is 0 Å². The summed E-state index contributed by atoms with van der Waals surface area (Å²) in [5.74, 6) is -0.879. The van der Waals surface area contributed by atoms with Gasteiger partial charge in [0.1, 0.15) is 13.2 Å². The lowest BCUT2D eigenvalue weighted by atomic mass is 10.0. The summed E-state index contributed by atoms with van der Waals surface area (Å²) in [6.07, 6.45) is 72.1. The topological polar surface area (TPSA) is 78.9 Å². The van der Waals surface area contributed by atoms with Gasteiger partial charge in [-0.2, -0.15) is 0 Å². The fourth-order valence-corrected chi connectivity index (χ4v) is 8.55. The number of allylic oxidation sites excluding steroid dienone is 10. The number of unbranched alkanes of at least 4 members (excludes halogenated alkanes) is 33. The molecule has 0 aliphatic carbocycles. The lowest BCUT2D eigenvalue weighted by Crippen LogP contribution is -2.30. The van der Waals surface area contributed by atoms with Gasteiger partial charge in [-0.3, -0.25) is 14.4 Å². The number of hydrogen-bond donors (Lipinski definition) is 0. The molecular formula is C63H112O6. The second-order valence-electron chi connectivity index (χ2n) is 19.9. The Balaban J connectivity index is 4.36. The minimum Gasteiger partial charge on any atom is -0.462 e. The van der Waals surface area contributed by atoms with Crippen molar-refractivity contribution >= 4 is 17.9 Å². The number of ether oxygens (including phenoxy) is 3. The average Bonchev–Trinajstić information content (AvgIpc) is 3.35. The van der Waals surface area contributed by atoms with Crippen LogP contribution in [0.5, 0.6) is 0 Å². The van der Waals surface area contributed by atoms with Gasteiger partial charge in [-0.1, -0.05) is 261 Å². The molecule has 0 aliphatic heterocycles. The zero-order valence-corrected chi connectivity index (χ0v) is 45.8. The largest absolute Gasteiger partial charge is 0.462 e. The molecule has 0 heterocycles. The summed E-state index contributed by atoms with van der Waals surface area (Å²) in [7, 11) is 0. The number of hydrogen-bond acceptors (Lipinski definition) is 6. The van der Waals surface area contributed by atoms with E-state index in [0.29, 0.717) is 19.3 Å². The van der Waals surface area contributed by atoms with E-state index in [2.05, 4.69) is 81.5 Å². The van der Waals surface area contributed by atoms with Crippen molar-refractivity contribution in [1.82, 2.24) is 0 Å². The molecule has 6 heteroatoms. The molecular weight excluding hydrogens is 853 g/mol. The van der Waals surface area contributed by atoms with Crippen molar-refractivity contribution in [3.05, 3.63) is 60.8 Å². The fraction of sp³-hybridized carbons (Fsp3) is 0.794. The van der Waals surface area contributed by atoms with Crippen LogP contribution in [-0.4, -0.2) is 37.2 Å². The predicted molar refractivity (Wildman–Crippen MR) is 298 cm³/mol. The zero-order valence-electron chi connectivity index (χ0n) is 45.8. The molecule has 0 spiro atoms. The van der Waals surface area contributed by atoms with E-state index >= 15 is 0 Å². The summed E-state index contributed by atoms with van der Waals surface area (Å²) >= 11 is 0. The van der Waals surface area contributed by atoms with Gasteiger partial charge in [0.15, 0.2) is 6.10 Å². The molecule has 0 aromatic rings. The molecule has 0 aromatic carbocycles. The first-order chi connectivity index (χ1) is 34.0. The SMILES string of the molecule is CC/C=C\C/C=C\C/C=C\C/C=C\CCCCCCCCCCC(=O)OCC(COC(=O)CCCCCCCCCCCCCCCC)OC(=O)CCCCCCC/C=C\CCCCCCCCC. The average molecular weight is 966 g/mol. The Morgan fingerprint density at radius 3 is 0.899 bits per heavy atom. The maximum atomic E-state index is 12.9. The highest BCUT2D eigenvalue weighted by atomic mass is 16.6. The smallest absolute Gasteiger partial charge is 0.306 e. The molecule has 400 valence electrons. The van der Waals surface area contributed by atoms with E-state index < -0.39 is 6.10 Å². The minimum atomic E-state index is -0.780. The van der Waals surface area contributed by atoms with Crippen LogP contribution in [0.4, 0.5) is 0 Å². The second-order valence-corrected chi connectivity index (χ2v) is 19.9. The molecule has 0 amide bonds. The lowest BCUT2D eigenvalue weighted by Gasteiger charge is -2.18. The Morgan fingerprint density at radius 2 is 0.565 bits per heavy atom. The standard InChI is InChI=1S/C63H112O6/c1-4-7-10-13-16-19-22-25-28-30-31-32-33-34-36-38-41-44-47-50-53-56-62(65)68-59-60(58-67-61(64)55-52-49-46-43-40-37-27-24-21-18-15-12-9-6-3)69-63(66)57-54-51-48-45-42-39-35-29-26-23-20-17-14-11-8-5-2/h7,10,16,19,25,28-29,31-32,35,60H,4-6,8-9,11-15,17-18,20-24,26-27,30,33-34,36-59H2,1-3H3/b10-7-,19-16-,28-25-,32-31-,35-29-. The Labute approximate surface area is 428 Å². The van der Waals surface area contributed by atoms with Crippen LogP contribution >= 0.6 is 0 Å². The van der Waals surface area contributed by atoms with Crippen LogP contribution in [0.15, 0.2) is 60.8 Å². The highest BCUT2D eigenvalue weighted by molar-refractivity contribution is 5.71. The first-order valence-electron chi connectivity index (χ1n) is 29.8. The van der Waals surface area contributed by atoms with Gasteiger partial charge in [0.2, 0.25) is 0 Å². The highest BCUT2D eigenvalue weighted by Gasteiger charge is 2.19. The normalized spacial score (nSPS) is 12.4. The highest BCUT2D eigenvalue weighted by Crippen LogP contribution is 2.16. The predicted octanol–water partition coefficient (Wildman–Crippen LogP) is 20.0. The van der Waals surface area contributed by atoms with Crippen LogP contribution in [-0.2, 0) is 28.6 Å². The van der Waals surface area contributed by atoms with Crippen molar-refractivity contribution in [2.45, 2.75) is 309 Å². The molecule has 1 atom stereocenters. The van der Waals surface area contributed by atoms with E-state index in [1.165, 1.54) is 167 Å². The third-order valence-corrected chi connectivity index (χ3v) is 13.0. The van der Waals surface area contributed by atoms with Crippen molar-refractivity contribution in [2.24, 2.45) is 0 Å². The Morgan fingerprint density at radius 1 is 0.304 bits per heavy atom. The first-order valence-corrected chi connectivity index (χ1v) is 29.8. The summed E-state index contributed by atoms with van der Waals surface area (Å²) in [6, 6.07) is 0. The van der Waals surface area contributed by atoms with Crippen LogP contribution in [0.1, 0.15) is 303 Å². The summed E-state index contributed by atoms with van der Waals surface area (Å²) in [4.78, 5) is 38.2. The van der Waals surface area contributed by atoms with Gasteiger partial charge in [0.05, 0.1) is 0 Å². The summed E-state index contributed by atoms with van der Waals surface area (Å²) in [6.45, 7) is 6.55. The molecule has 1 unspecified atom stereocenters. The fourth-order valence-electron chi connectivity index (χ4n) is 8.55. The van der Waals surface area contributed by atoms with Crippen LogP contribution in [0.25, 0.3) is 0 Å². The summed E-state index contributed by atoms with van der Waals surface area (Å²) in [5.41, 5.74) is 0. The molecule has 0 aromatic heterocycles. The molecule has 6 nitrogen and oxygen atoms in total. The molecule has 0 rings (SSSR count). The minimum absolute atomic E-state index is 0.0770. The van der Waals surface area contributed by atoms with E-state index in [9.17, 15) is 14.4 Å². The van der Waals surface area contributed by atoms with E-state index in [-0.39, 0.29) is 31.1 Å². The Bertz CT molecular complexity index is 1250. The van der Waals surface area contributed by atoms with Gasteiger partial charge in [-0.05, 0) is 83.5 Å². The van der Waals surface area contributed by atoms with Crippen LogP contribution < -0.4 is 0 Å². The third kappa shape index (κ3) is 55.9. The molecule has 0 saturated heterocycles. The number of rotatable bonds is 54. The first kappa shape index (κ1) is 66.1. The zero-order chi connectivity index (χ0) is 50.0. The van der Waals surface area contributed by atoms with Crippen molar-refractivity contribution in [3.63, 3.8) is 0 Å². The van der Waals surface area contributed by atoms with Gasteiger partial charge in [-0.15, -0.1) is 0 Å². The lowest BCUT2D eigenvalue weighted by molar-refractivity contribution is -0.167. The Kier molecular flexibility index (Phi) is 55.3. The molecule has 0 bridgehead atoms. The molecule has 0 fully saturated rings. The Hall–Kier alpha value is -2.89. The van der Waals surface area contributed by atoms with Gasteiger partial charge in [0, 0.05) is 19.3 Å². The van der Waals surface area contributed by atoms with Crippen molar-refractivity contribution in [1.29, 1.82) is 0 Å². The van der Waals surface area contributed by atoms with Crippen molar-refractivity contribution in [2.75, 3.05) is 13.2 Å². The van der Waals surface area contributed by atoms with E-state index in [4.69, 9.17) is 14.2 Å². The van der Waals surface area contributed by atoms with Crippen LogP contribution in [0.3, 0.4) is 0 Å². The van der Waals surface area contributed by atoms with Gasteiger partial charge >= 0.3 is 17.9 Å². The second kappa shape index (κ2) is 57.7. The van der Waals surface area contributed by atoms with Gasteiger partial charge in [-0.25, -0.2) is 0 Å². The van der Waals surface area contributed by atoms with E-state index in [0.717, 1.165) is 96.3 Å². The van der Waals surface area contributed by atoms with Crippen LogP contribution in [0.2, 0.25) is 0 Å². The number of esters is 3. The van der Waals surface area contributed by atoms with Crippen molar-refractivity contribution in [3.8, 4) is 0 Å². The van der Waals surface area contributed by atoms with E-state index in [1.807, 2.05) is 0 Å².